The Balaban J connectivity index is 2.29. The Bertz CT molecular complexity index is 503. The van der Waals surface area contributed by atoms with Crippen LogP contribution in [0.5, 0.6) is 0 Å². The van der Waals surface area contributed by atoms with Crippen LogP contribution in [0, 0.1) is 0 Å². The highest BCUT2D eigenvalue weighted by atomic mass is 35.5. The van der Waals surface area contributed by atoms with Gasteiger partial charge in [-0.15, -0.1) is 0 Å². The lowest BCUT2D eigenvalue weighted by molar-refractivity contribution is -0.117. The largest absolute Gasteiger partial charge is 0.465 e. The van der Waals surface area contributed by atoms with Gasteiger partial charge in [-0.3, -0.25) is 4.79 Å². The zero-order chi connectivity index (χ0) is 13.3. The number of halogens is 1. The number of hydrogen-bond acceptors (Lipinski definition) is 4. The first kappa shape index (κ1) is 12.9. The second-order valence-corrected chi connectivity index (χ2v) is 4.43. The lowest BCUT2D eigenvalue weighted by atomic mass is 10.2. The second-order valence-electron chi connectivity index (χ2n) is 4.02. The molecule has 1 amide bonds. The average Bonchev–Trinajstić information content (AvgIpc) is 2.67. The first-order valence-corrected chi connectivity index (χ1v) is 5.77. The lowest BCUT2D eigenvalue weighted by Gasteiger charge is -2.16. The van der Waals surface area contributed by atoms with Gasteiger partial charge in [0.15, 0.2) is 0 Å². The number of benzene rings is 1. The molecule has 1 aliphatic heterocycles. The molecule has 1 saturated heterocycles. The molecule has 2 rings (SSSR count). The van der Waals surface area contributed by atoms with Crippen LogP contribution in [0.3, 0.4) is 0 Å². The van der Waals surface area contributed by atoms with Crippen LogP contribution in [0.25, 0.3) is 0 Å². The number of aliphatic hydroxyl groups excluding tert-OH is 1. The minimum Gasteiger partial charge on any atom is -0.465 e. The summed E-state index contributed by atoms with van der Waals surface area (Å²) in [5.74, 6) is -0.691. The standard InChI is InChI=1S/C12H12ClNO4/c1-18-12(17)9-3-2-7(4-10(9)13)14-6-8(15)5-11(14)16/h2-4,8,15H,5-6H2,1H3. The van der Waals surface area contributed by atoms with Crippen LogP contribution in [0.1, 0.15) is 16.8 Å². The molecule has 0 radical (unpaired) electrons. The van der Waals surface area contributed by atoms with E-state index in [0.717, 1.165) is 0 Å². The van der Waals surface area contributed by atoms with Crippen molar-refractivity contribution in [3.8, 4) is 0 Å². The number of ether oxygens (including phenoxy) is 1. The monoisotopic (exact) mass is 269 g/mol. The van der Waals surface area contributed by atoms with Crippen LogP contribution < -0.4 is 4.90 Å². The fraction of sp³-hybridized carbons (Fsp3) is 0.333. The highest BCUT2D eigenvalue weighted by Crippen LogP contribution is 2.27. The van der Waals surface area contributed by atoms with Crippen LogP contribution in [0.2, 0.25) is 5.02 Å². The third kappa shape index (κ3) is 2.32. The third-order valence-corrected chi connectivity index (χ3v) is 3.09. The van der Waals surface area contributed by atoms with E-state index >= 15 is 0 Å². The first-order chi connectivity index (χ1) is 8.52. The maximum Gasteiger partial charge on any atom is 0.339 e. The Morgan fingerprint density at radius 1 is 1.56 bits per heavy atom. The topological polar surface area (TPSA) is 66.8 Å². The van der Waals surface area contributed by atoms with E-state index in [1.165, 1.54) is 24.1 Å². The Kier molecular flexibility index (Phi) is 3.54. The molecule has 5 nitrogen and oxygen atoms in total. The van der Waals surface area contributed by atoms with Gasteiger partial charge in [0.2, 0.25) is 5.91 Å². The van der Waals surface area contributed by atoms with Gasteiger partial charge < -0.3 is 14.7 Å². The van der Waals surface area contributed by atoms with Gasteiger partial charge in [0.1, 0.15) is 0 Å². The number of amides is 1. The van der Waals surface area contributed by atoms with Crippen molar-refractivity contribution < 1.29 is 19.4 Å². The van der Waals surface area contributed by atoms with Gasteiger partial charge in [0, 0.05) is 5.69 Å². The summed E-state index contributed by atoms with van der Waals surface area (Å²) in [7, 11) is 1.27. The Morgan fingerprint density at radius 2 is 2.28 bits per heavy atom. The lowest BCUT2D eigenvalue weighted by Crippen LogP contribution is -2.25. The normalized spacial score (nSPS) is 19.2. The number of hydrogen-bond donors (Lipinski definition) is 1. The van der Waals surface area contributed by atoms with Crippen LogP contribution in [-0.4, -0.2) is 36.7 Å². The fourth-order valence-electron chi connectivity index (χ4n) is 1.89. The van der Waals surface area contributed by atoms with E-state index in [-0.39, 0.29) is 29.5 Å². The molecule has 0 spiro atoms. The van der Waals surface area contributed by atoms with E-state index in [2.05, 4.69) is 4.74 Å². The van der Waals surface area contributed by atoms with Crippen molar-refractivity contribution in [2.45, 2.75) is 12.5 Å². The quantitative estimate of drug-likeness (QED) is 0.820. The van der Waals surface area contributed by atoms with Gasteiger partial charge in [-0.05, 0) is 18.2 Å². The minimum atomic E-state index is -0.656. The summed E-state index contributed by atoms with van der Waals surface area (Å²) in [6.07, 6.45) is -0.548. The number of nitrogens with zero attached hydrogens (tertiary/aromatic N) is 1. The highest BCUT2D eigenvalue weighted by molar-refractivity contribution is 6.34. The maximum absolute atomic E-state index is 11.6. The van der Waals surface area contributed by atoms with Crippen molar-refractivity contribution in [1.82, 2.24) is 0 Å². The fourth-order valence-corrected chi connectivity index (χ4v) is 2.14. The van der Waals surface area contributed by atoms with E-state index in [0.29, 0.717) is 5.69 Å². The van der Waals surface area contributed by atoms with Gasteiger partial charge in [-0.1, -0.05) is 11.6 Å². The Labute approximate surface area is 109 Å². The summed E-state index contributed by atoms with van der Waals surface area (Å²) < 4.78 is 4.58. The van der Waals surface area contributed by atoms with Crippen molar-refractivity contribution in [3.05, 3.63) is 28.8 Å². The molecule has 1 unspecified atom stereocenters. The van der Waals surface area contributed by atoms with Crippen LogP contribution in [0.15, 0.2) is 18.2 Å². The summed E-state index contributed by atoms with van der Waals surface area (Å²) in [4.78, 5) is 24.4. The molecular formula is C12H12ClNO4. The number of rotatable bonds is 2. The third-order valence-electron chi connectivity index (χ3n) is 2.77. The smallest absolute Gasteiger partial charge is 0.339 e. The summed E-state index contributed by atoms with van der Waals surface area (Å²) in [6, 6.07) is 4.62. The number of β-amino-alcohol motifs (C(OH)–C–C–N with tert-alkyl or cyclic N) is 1. The Hall–Kier alpha value is -1.59. The molecule has 1 N–H and O–H groups in total. The molecule has 1 aromatic rings. The molecule has 0 aromatic heterocycles. The number of methoxy groups -OCH3 is 1. The summed E-state index contributed by atoms with van der Waals surface area (Å²) in [6.45, 7) is 0.243. The zero-order valence-corrected chi connectivity index (χ0v) is 10.5. The predicted octanol–water partition coefficient (Wildman–Crippen LogP) is 1.22. The van der Waals surface area contributed by atoms with E-state index in [1.54, 1.807) is 6.07 Å². The van der Waals surface area contributed by atoms with Gasteiger partial charge in [-0.2, -0.15) is 0 Å². The number of esters is 1. The van der Waals surface area contributed by atoms with Crippen molar-refractivity contribution >= 4 is 29.2 Å². The van der Waals surface area contributed by atoms with Crippen molar-refractivity contribution in [3.63, 3.8) is 0 Å². The number of aliphatic hydroxyl groups is 1. The zero-order valence-electron chi connectivity index (χ0n) is 9.72. The van der Waals surface area contributed by atoms with Gasteiger partial charge in [0.05, 0.1) is 36.8 Å². The molecule has 1 fully saturated rings. The van der Waals surface area contributed by atoms with Gasteiger partial charge in [-0.25, -0.2) is 4.79 Å². The van der Waals surface area contributed by atoms with Crippen molar-refractivity contribution in [2.75, 3.05) is 18.6 Å². The van der Waals surface area contributed by atoms with Crippen LogP contribution in [0.4, 0.5) is 5.69 Å². The molecule has 1 aromatic carbocycles. The summed E-state index contributed by atoms with van der Waals surface area (Å²) >= 11 is 5.96. The maximum atomic E-state index is 11.6. The Morgan fingerprint density at radius 3 is 2.78 bits per heavy atom. The van der Waals surface area contributed by atoms with Gasteiger partial charge in [0.25, 0.3) is 0 Å². The molecule has 96 valence electrons. The molecule has 0 saturated carbocycles. The predicted molar refractivity (Wildman–Crippen MR) is 65.8 cm³/mol. The highest BCUT2D eigenvalue weighted by Gasteiger charge is 2.29. The molecule has 1 atom stereocenters. The first-order valence-electron chi connectivity index (χ1n) is 5.39. The molecule has 1 heterocycles. The van der Waals surface area contributed by atoms with E-state index in [4.69, 9.17) is 11.6 Å². The average molecular weight is 270 g/mol. The van der Waals surface area contributed by atoms with Crippen molar-refractivity contribution in [2.24, 2.45) is 0 Å². The molecule has 6 heteroatoms. The van der Waals surface area contributed by atoms with Crippen LogP contribution >= 0.6 is 11.6 Å². The van der Waals surface area contributed by atoms with E-state index in [1.807, 2.05) is 0 Å². The van der Waals surface area contributed by atoms with Crippen LogP contribution in [-0.2, 0) is 9.53 Å². The molecule has 18 heavy (non-hydrogen) atoms. The molecule has 0 aliphatic carbocycles. The molecule has 0 bridgehead atoms. The second kappa shape index (κ2) is 4.96. The van der Waals surface area contributed by atoms with Crippen molar-refractivity contribution in [1.29, 1.82) is 0 Å². The summed E-state index contributed by atoms with van der Waals surface area (Å²) in [5.41, 5.74) is 0.810. The number of carbonyl (C=O) groups excluding carboxylic acids is 2. The summed E-state index contributed by atoms with van der Waals surface area (Å²) in [5, 5.41) is 9.63. The minimum absolute atomic E-state index is 0.108. The number of carbonyl (C=O) groups is 2. The molecule has 1 aliphatic rings. The van der Waals surface area contributed by atoms with E-state index < -0.39 is 12.1 Å². The SMILES string of the molecule is COC(=O)c1ccc(N2CC(O)CC2=O)cc1Cl. The number of anilines is 1. The molecular weight excluding hydrogens is 258 g/mol. The van der Waals surface area contributed by atoms with E-state index in [9.17, 15) is 14.7 Å². The van der Waals surface area contributed by atoms with Gasteiger partial charge >= 0.3 is 5.97 Å².